The maximum atomic E-state index is 11.6. The maximum absolute atomic E-state index is 11.6. The molecule has 0 spiro atoms. The Hall–Kier alpha value is -1.82. The van der Waals surface area contributed by atoms with Crippen molar-refractivity contribution in [2.24, 2.45) is 11.8 Å². The van der Waals surface area contributed by atoms with Gasteiger partial charge in [0.15, 0.2) is 0 Å². The van der Waals surface area contributed by atoms with Crippen LogP contribution in [0, 0.1) is 22.0 Å². The molecular weight excluding hydrogens is 322 g/mol. The summed E-state index contributed by atoms with van der Waals surface area (Å²) in [6, 6.07) is 5.59. The first kappa shape index (κ1) is 15.7. The molecule has 1 aromatic heterocycles. The first-order valence-electron chi connectivity index (χ1n) is 8.54. The van der Waals surface area contributed by atoms with Gasteiger partial charge in [-0.3, -0.25) is 15.1 Å². The molecule has 1 saturated heterocycles. The molecular formula is C18H21N3O2S. The van der Waals surface area contributed by atoms with Gasteiger partial charge in [-0.05, 0) is 49.1 Å². The van der Waals surface area contributed by atoms with Gasteiger partial charge in [0.25, 0.3) is 5.69 Å². The molecule has 1 saturated carbocycles. The minimum absolute atomic E-state index is 0.186. The highest BCUT2D eigenvalue weighted by Gasteiger charge is 2.36. The van der Waals surface area contributed by atoms with Crippen molar-refractivity contribution in [3.63, 3.8) is 0 Å². The Labute approximate surface area is 145 Å². The third-order valence-electron chi connectivity index (χ3n) is 5.53. The summed E-state index contributed by atoms with van der Waals surface area (Å²) in [5, 5.41) is 12.2. The molecule has 2 aliphatic rings. The van der Waals surface area contributed by atoms with Crippen molar-refractivity contribution in [3.05, 3.63) is 34.5 Å². The van der Waals surface area contributed by atoms with Crippen molar-refractivity contribution < 1.29 is 4.92 Å². The van der Waals surface area contributed by atoms with Gasteiger partial charge in [-0.25, -0.2) is 0 Å². The average molecular weight is 343 g/mol. The van der Waals surface area contributed by atoms with Crippen LogP contribution in [0.3, 0.4) is 0 Å². The lowest BCUT2D eigenvalue weighted by molar-refractivity contribution is -0.385. The molecule has 1 aromatic carbocycles. The van der Waals surface area contributed by atoms with E-state index in [1.54, 1.807) is 12.3 Å². The number of hydrogen-bond acceptors (Lipinski definition) is 5. The first-order valence-corrected chi connectivity index (χ1v) is 9.76. The highest BCUT2D eigenvalue weighted by molar-refractivity contribution is 7.98. The van der Waals surface area contributed by atoms with Crippen molar-refractivity contribution in [1.82, 2.24) is 4.98 Å². The van der Waals surface area contributed by atoms with Crippen molar-refractivity contribution in [2.45, 2.75) is 30.6 Å². The van der Waals surface area contributed by atoms with Gasteiger partial charge in [0.1, 0.15) is 5.52 Å². The monoisotopic (exact) mass is 343 g/mol. The fraction of sp³-hybridized carbons (Fsp3) is 0.500. The molecule has 2 atom stereocenters. The molecule has 4 rings (SSSR count). The van der Waals surface area contributed by atoms with Gasteiger partial charge in [0.2, 0.25) is 0 Å². The standard InChI is InChI=1S/C18H21N3O2S/c1-24-16-9-15(20-10-12-5-2-3-6-13(12)11-20)17-14(7-4-8-19-17)18(16)21(22)23/h4,7-9,12-13H,2-3,5-6,10-11H2,1H3. The second kappa shape index (κ2) is 6.24. The van der Waals surface area contributed by atoms with Crippen LogP contribution in [0.25, 0.3) is 10.9 Å². The number of nitrogens with zero attached hydrogens (tertiary/aromatic N) is 3. The lowest BCUT2D eigenvalue weighted by Gasteiger charge is -2.22. The largest absolute Gasteiger partial charge is 0.369 e. The molecule has 1 aliphatic carbocycles. The van der Waals surface area contributed by atoms with E-state index in [0.717, 1.165) is 41.0 Å². The number of nitro groups is 1. The minimum atomic E-state index is -0.274. The molecule has 6 heteroatoms. The van der Waals surface area contributed by atoms with E-state index < -0.39 is 0 Å². The normalized spacial score (nSPS) is 23.5. The zero-order valence-electron chi connectivity index (χ0n) is 13.8. The molecule has 2 fully saturated rings. The van der Waals surface area contributed by atoms with Crippen LogP contribution in [0.1, 0.15) is 25.7 Å². The predicted octanol–water partition coefficient (Wildman–Crippen LogP) is 4.49. The quantitative estimate of drug-likeness (QED) is 0.467. The van der Waals surface area contributed by atoms with E-state index in [1.165, 1.54) is 37.4 Å². The number of aromatic nitrogens is 1. The SMILES string of the molecule is CSc1cc(N2CC3CCCCC3C2)c2ncccc2c1[N+](=O)[O-]. The smallest absolute Gasteiger partial charge is 0.292 e. The van der Waals surface area contributed by atoms with Crippen molar-refractivity contribution in [3.8, 4) is 0 Å². The van der Waals surface area contributed by atoms with E-state index in [2.05, 4.69) is 9.88 Å². The summed E-state index contributed by atoms with van der Waals surface area (Å²) in [4.78, 5) is 19.0. The maximum Gasteiger partial charge on any atom is 0.292 e. The Morgan fingerprint density at radius 2 is 2.00 bits per heavy atom. The van der Waals surface area contributed by atoms with Crippen LogP contribution in [-0.2, 0) is 0 Å². The lowest BCUT2D eigenvalue weighted by Crippen LogP contribution is -2.20. The number of hydrogen-bond donors (Lipinski definition) is 0. The summed E-state index contributed by atoms with van der Waals surface area (Å²) in [7, 11) is 0. The Balaban J connectivity index is 1.84. The highest BCUT2D eigenvalue weighted by atomic mass is 32.2. The van der Waals surface area contributed by atoms with Gasteiger partial charge in [0.05, 0.1) is 20.9 Å². The third-order valence-corrected chi connectivity index (χ3v) is 6.28. The molecule has 0 radical (unpaired) electrons. The first-order chi connectivity index (χ1) is 11.7. The van der Waals surface area contributed by atoms with Crippen molar-refractivity contribution >= 4 is 34.0 Å². The number of pyridine rings is 1. The molecule has 5 nitrogen and oxygen atoms in total. The molecule has 0 bridgehead atoms. The van der Waals surface area contributed by atoms with Gasteiger partial charge in [0, 0.05) is 19.3 Å². The zero-order chi connectivity index (χ0) is 16.7. The number of thioether (sulfide) groups is 1. The molecule has 2 heterocycles. The predicted molar refractivity (Wildman–Crippen MR) is 97.8 cm³/mol. The summed E-state index contributed by atoms with van der Waals surface area (Å²) in [6.07, 6.45) is 8.94. The van der Waals surface area contributed by atoms with Gasteiger partial charge in [-0.1, -0.05) is 12.8 Å². The van der Waals surface area contributed by atoms with Gasteiger partial charge >= 0.3 is 0 Å². The molecule has 0 amide bonds. The fourth-order valence-corrected chi connectivity index (χ4v) is 4.99. The van der Waals surface area contributed by atoms with E-state index in [9.17, 15) is 10.1 Å². The third kappa shape index (κ3) is 2.53. The zero-order valence-corrected chi connectivity index (χ0v) is 14.6. The van der Waals surface area contributed by atoms with Crippen LogP contribution >= 0.6 is 11.8 Å². The van der Waals surface area contributed by atoms with Crippen LogP contribution in [0.4, 0.5) is 11.4 Å². The second-order valence-corrected chi connectivity index (χ2v) is 7.66. The Bertz CT molecular complexity index is 781. The Morgan fingerprint density at radius 3 is 2.62 bits per heavy atom. The van der Waals surface area contributed by atoms with Gasteiger partial charge in [-0.2, -0.15) is 0 Å². The minimum Gasteiger partial charge on any atom is -0.369 e. The molecule has 2 unspecified atom stereocenters. The van der Waals surface area contributed by atoms with Crippen LogP contribution in [0.15, 0.2) is 29.3 Å². The van der Waals surface area contributed by atoms with E-state index >= 15 is 0 Å². The average Bonchev–Trinajstić information content (AvgIpc) is 3.03. The molecule has 1 aliphatic heterocycles. The summed E-state index contributed by atoms with van der Waals surface area (Å²) in [5.74, 6) is 1.54. The Morgan fingerprint density at radius 1 is 1.29 bits per heavy atom. The molecule has 2 aromatic rings. The van der Waals surface area contributed by atoms with E-state index in [0.29, 0.717) is 5.39 Å². The van der Waals surface area contributed by atoms with Crippen molar-refractivity contribution in [2.75, 3.05) is 24.2 Å². The fourth-order valence-electron chi connectivity index (χ4n) is 4.38. The van der Waals surface area contributed by atoms with E-state index in [4.69, 9.17) is 0 Å². The molecule has 126 valence electrons. The highest BCUT2D eigenvalue weighted by Crippen LogP contribution is 2.44. The van der Waals surface area contributed by atoms with Gasteiger partial charge < -0.3 is 4.90 Å². The number of fused-ring (bicyclic) bond motifs is 2. The number of nitro benzene ring substituents is 1. The number of benzene rings is 1. The van der Waals surface area contributed by atoms with Crippen LogP contribution in [-0.4, -0.2) is 29.3 Å². The van der Waals surface area contributed by atoms with Crippen LogP contribution in [0.5, 0.6) is 0 Å². The summed E-state index contributed by atoms with van der Waals surface area (Å²) in [5.41, 5.74) is 2.02. The summed E-state index contributed by atoms with van der Waals surface area (Å²) >= 11 is 1.44. The molecule has 0 N–H and O–H groups in total. The topological polar surface area (TPSA) is 59.3 Å². The van der Waals surface area contributed by atoms with Gasteiger partial charge in [-0.15, -0.1) is 11.8 Å². The van der Waals surface area contributed by atoms with Crippen LogP contribution in [0.2, 0.25) is 0 Å². The number of anilines is 1. The van der Waals surface area contributed by atoms with E-state index in [-0.39, 0.29) is 10.6 Å². The van der Waals surface area contributed by atoms with Crippen molar-refractivity contribution in [1.29, 1.82) is 0 Å². The number of rotatable bonds is 3. The second-order valence-electron chi connectivity index (χ2n) is 6.81. The lowest BCUT2D eigenvalue weighted by atomic mass is 9.82. The van der Waals surface area contributed by atoms with Crippen LogP contribution < -0.4 is 4.90 Å². The Kier molecular flexibility index (Phi) is 4.08. The van der Waals surface area contributed by atoms with E-state index in [1.807, 2.05) is 18.4 Å². The summed E-state index contributed by atoms with van der Waals surface area (Å²) < 4.78 is 0. The summed E-state index contributed by atoms with van der Waals surface area (Å²) in [6.45, 7) is 2.12. The molecule has 24 heavy (non-hydrogen) atoms.